The predicted octanol–water partition coefficient (Wildman–Crippen LogP) is -0.412. The van der Waals surface area contributed by atoms with E-state index in [0.29, 0.717) is 26.2 Å². The Morgan fingerprint density at radius 2 is 0.889 bits per heavy atom. The van der Waals surface area contributed by atoms with Crippen LogP contribution in [-0.2, 0) is 20.0 Å². The third-order valence-electron chi connectivity index (χ3n) is 3.81. The Morgan fingerprint density at radius 3 is 1.11 bits per heavy atom. The molecule has 0 unspecified atom stereocenters. The number of sulfonamides is 2. The number of hydrogen-bond acceptors (Lipinski definition) is 4. The van der Waals surface area contributed by atoms with Gasteiger partial charge in [0.1, 0.15) is 0 Å². The maximum Gasteiger partial charge on any atom is 0.217 e. The van der Waals surface area contributed by atoms with Crippen LogP contribution in [-0.4, -0.2) is 62.1 Å². The lowest BCUT2D eigenvalue weighted by atomic mass is 10.4. The number of nitrogens with zero attached hydrogens (tertiary/aromatic N) is 2. The monoisotopic (exact) mass is 294 g/mol. The predicted molar refractivity (Wildman–Crippen MR) is 67.0 cm³/mol. The summed E-state index contributed by atoms with van der Waals surface area (Å²) in [5.74, 6) is 0. The van der Waals surface area contributed by atoms with E-state index in [-0.39, 0.29) is 10.5 Å². The van der Waals surface area contributed by atoms with Crippen LogP contribution in [0.5, 0.6) is 0 Å². The van der Waals surface area contributed by atoms with E-state index in [4.69, 9.17) is 0 Å². The highest BCUT2D eigenvalue weighted by atomic mass is 32.2. The third kappa shape index (κ3) is 2.19. The average molecular weight is 294 g/mol. The molecule has 0 atom stereocenters. The summed E-state index contributed by atoms with van der Waals surface area (Å²) in [7, 11) is -6.30. The fraction of sp³-hybridized carbons (Fsp3) is 1.00. The topological polar surface area (TPSA) is 74.8 Å². The molecule has 0 radical (unpaired) electrons. The van der Waals surface area contributed by atoms with Crippen LogP contribution in [0.4, 0.5) is 0 Å². The van der Waals surface area contributed by atoms with Crippen LogP contribution in [0.3, 0.4) is 0 Å². The molecule has 0 aromatic rings. The van der Waals surface area contributed by atoms with Gasteiger partial charge in [-0.25, -0.2) is 16.8 Å². The van der Waals surface area contributed by atoms with Crippen molar-refractivity contribution in [2.45, 2.75) is 36.2 Å². The first kappa shape index (κ1) is 12.8. The van der Waals surface area contributed by atoms with Gasteiger partial charge in [0, 0.05) is 26.2 Å². The van der Waals surface area contributed by atoms with Gasteiger partial charge in [-0.2, -0.15) is 8.61 Å². The molecule has 3 rings (SSSR count). The summed E-state index contributed by atoms with van der Waals surface area (Å²) >= 11 is 0. The Hall–Kier alpha value is -0.180. The summed E-state index contributed by atoms with van der Waals surface area (Å²) in [6, 6.07) is 0. The van der Waals surface area contributed by atoms with Crippen LogP contribution >= 0.6 is 0 Å². The quantitative estimate of drug-likeness (QED) is 0.706. The number of hydrogen-bond donors (Lipinski definition) is 0. The fourth-order valence-corrected chi connectivity index (χ4v) is 5.98. The first-order chi connectivity index (χ1) is 8.42. The molecule has 2 saturated carbocycles. The zero-order valence-electron chi connectivity index (χ0n) is 10.2. The van der Waals surface area contributed by atoms with Gasteiger partial charge >= 0.3 is 0 Å². The van der Waals surface area contributed by atoms with E-state index in [9.17, 15) is 16.8 Å². The second-order valence-corrected chi connectivity index (χ2v) is 9.71. The number of piperazine rings is 1. The molecule has 1 heterocycles. The van der Waals surface area contributed by atoms with Crippen LogP contribution in [0.1, 0.15) is 25.7 Å². The van der Waals surface area contributed by atoms with Crippen molar-refractivity contribution >= 4 is 20.0 Å². The largest absolute Gasteiger partial charge is 0.217 e. The van der Waals surface area contributed by atoms with Crippen molar-refractivity contribution in [2.75, 3.05) is 26.2 Å². The van der Waals surface area contributed by atoms with Crippen molar-refractivity contribution < 1.29 is 16.8 Å². The molecule has 2 aliphatic carbocycles. The molecular weight excluding hydrogens is 276 g/mol. The molecular formula is C10H18N2O4S2. The minimum absolute atomic E-state index is 0.205. The molecule has 104 valence electrons. The van der Waals surface area contributed by atoms with Gasteiger partial charge in [-0.15, -0.1) is 0 Å². The highest BCUT2D eigenvalue weighted by Gasteiger charge is 2.44. The Kier molecular flexibility index (Phi) is 2.96. The van der Waals surface area contributed by atoms with Gasteiger partial charge in [-0.3, -0.25) is 0 Å². The minimum Gasteiger partial charge on any atom is -0.212 e. The van der Waals surface area contributed by atoms with Crippen molar-refractivity contribution in [3.8, 4) is 0 Å². The van der Waals surface area contributed by atoms with Crippen LogP contribution in [0.25, 0.3) is 0 Å². The van der Waals surface area contributed by atoms with Gasteiger partial charge in [0.25, 0.3) is 0 Å². The van der Waals surface area contributed by atoms with E-state index in [2.05, 4.69) is 0 Å². The first-order valence-electron chi connectivity index (χ1n) is 6.40. The standard InChI is InChI=1S/C10H18N2O4S2/c13-17(14,9-1-2-9)11-5-7-12(8-6-11)18(15,16)10-3-4-10/h9-10H,1-8H2. The zero-order valence-corrected chi connectivity index (χ0v) is 11.8. The summed E-state index contributed by atoms with van der Waals surface area (Å²) in [5, 5.41) is -0.409. The SMILES string of the molecule is O=S(=O)(C1CC1)N1CCN(S(=O)(=O)C2CC2)CC1. The maximum atomic E-state index is 12.0. The Bertz CT molecular complexity index is 476. The lowest BCUT2D eigenvalue weighted by molar-refractivity contribution is 0.272. The Morgan fingerprint density at radius 1 is 0.611 bits per heavy atom. The summed E-state index contributed by atoms with van der Waals surface area (Å²) < 4.78 is 51.0. The van der Waals surface area contributed by atoms with E-state index >= 15 is 0 Å². The van der Waals surface area contributed by atoms with Crippen LogP contribution in [0.2, 0.25) is 0 Å². The highest BCUT2D eigenvalue weighted by Crippen LogP contribution is 2.34. The van der Waals surface area contributed by atoms with E-state index in [1.54, 1.807) is 0 Å². The van der Waals surface area contributed by atoms with Crippen molar-refractivity contribution in [3.63, 3.8) is 0 Å². The number of rotatable bonds is 4. The van der Waals surface area contributed by atoms with Crippen LogP contribution in [0.15, 0.2) is 0 Å². The van der Waals surface area contributed by atoms with Gasteiger partial charge < -0.3 is 0 Å². The molecule has 0 bridgehead atoms. The van der Waals surface area contributed by atoms with Crippen LogP contribution < -0.4 is 0 Å². The van der Waals surface area contributed by atoms with E-state index in [1.807, 2.05) is 0 Å². The normalized spacial score (nSPS) is 28.4. The van der Waals surface area contributed by atoms with E-state index in [0.717, 1.165) is 25.7 Å². The maximum absolute atomic E-state index is 12.0. The molecule has 1 aliphatic heterocycles. The second-order valence-electron chi connectivity index (χ2n) is 5.29. The lowest BCUT2D eigenvalue weighted by Crippen LogP contribution is -2.51. The molecule has 0 N–H and O–H groups in total. The van der Waals surface area contributed by atoms with Crippen molar-refractivity contribution in [3.05, 3.63) is 0 Å². The fourth-order valence-electron chi connectivity index (χ4n) is 2.33. The minimum atomic E-state index is -3.15. The molecule has 3 fully saturated rings. The summed E-state index contributed by atoms with van der Waals surface area (Å²) in [6.45, 7) is 1.24. The van der Waals surface area contributed by atoms with Gasteiger partial charge in [0.2, 0.25) is 20.0 Å². The van der Waals surface area contributed by atoms with Crippen LogP contribution in [0, 0.1) is 0 Å². The van der Waals surface area contributed by atoms with Crippen molar-refractivity contribution in [1.29, 1.82) is 0 Å². The highest BCUT2D eigenvalue weighted by molar-refractivity contribution is 7.90. The third-order valence-corrected chi connectivity index (χ3v) is 8.61. The second kappa shape index (κ2) is 4.16. The Labute approximate surface area is 108 Å². The molecule has 1 saturated heterocycles. The van der Waals surface area contributed by atoms with Crippen molar-refractivity contribution in [1.82, 2.24) is 8.61 Å². The lowest BCUT2D eigenvalue weighted by Gasteiger charge is -2.33. The summed E-state index contributed by atoms with van der Waals surface area (Å²) in [4.78, 5) is 0. The average Bonchev–Trinajstić information content (AvgIpc) is 3.20. The smallest absolute Gasteiger partial charge is 0.212 e. The summed E-state index contributed by atoms with van der Waals surface area (Å²) in [5.41, 5.74) is 0. The molecule has 18 heavy (non-hydrogen) atoms. The van der Waals surface area contributed by atoms with Gasteiger partial charge in [-0.05, 0) is 25.7 Å². The molecule has 0 aromatic carbocycles. The summed E-state index contributed by atoms with van der Waals surface area (Å²) in [6.07, 6.45) is 3.01. The van der Waals surface area contributed by atoms with E-state index < -0.39 is 20.0 Å². The zero-order chi connectivity index (χ0) is 13.0. The molecule has 6 nitrogen and oxygen atoms in total. The van der Waals surface area contributed by atoms with Gasteiger partial charge in [0.05, 0.1) is 10.5 Å². The molecule has 8 heteroatoms. The Balaban J connectivity index is 1.64. The molecule has 3 aliphatic rings. The van der Waals surface area contributed by atoms with E-state index in [1.165, 1.54) is 8.61 Å². The first-order valence-corrected chi connectivity index (χ1v) is 9.41. The molecule has 0 amide bonds. The van der Waals surface area contributed by atoms with Gasteiger partial charge in [-0.1, -0.05) is 0 Å². The molecule has 0 aromatic heterocycles. The van der Waals surface area contributed by atoms with Gasteiger partial charge in [0.15, 0.2) is 0 Å². The van der Waals surface area contributed by atoms with Crippen molar-refractivity contribution in [2.24, 2.45) is 0 Å². The molecule has 0 spiro atoms.